The molecule has 0 aromatic heterocycles. The lowest BCUT2D eigenvalue weighted by atomic mass is 10.1. The van der Waals surface area contributed by atoms with Crippen LogP contribution in [0.4, 0.5) is 4.39 Å². The van der Waals surface area contributed by atoms with E-state index in [1.807, 2.05) is 0 Å². The smallest absolute Gasteiger partial charge is 0.307 e. The summed E-state index contributed by atoms with van der Waals surface area (Å²) < 4.78 is 38.8. The first-order valence-corrected chi connectivity index (χ1v) is 7.73. The third-order valence-electron chi connectivity index (χ3n) is 3.03. The minimum Gasteiger partial charge on any atom is -0.481 e. The van der Waals surface area contributed by atoms with Crippen LogP contribution in [-0.2, 0) is 14.8 Å². The van der Waals surface area contributed by atoms with Crippen LogP contribution in [0.1, 0.15) is 6.42 Å². The highest BCUT2D eigenvalue weighted by Gasteiger charge is 2.35. The van der Waals surface area contributed by atoms with Gasteiger partial charge in [0.25, 0.3) is 0 Å². The van der Waals surface area contributed by atoms with Crippen molar-refractivity contribution < 1.29 is 22.7 Å². The molecule has 19 heavy (non-hydrogen) atoms. The molecule has 0 aliphatic carbocycles. The maximum Gasteiger partial charge on any atom is 0.307 e. The van der Waals surface area contributed by atoms with E-state index in [9.17, 15) is 17.6 Å². The average Bonchev–Trinajstić information content (AvgIpc) is 2.82. The van der Waals surface area contributed by atoms with Gasteiger partial charge in [0.1, 0.15) is 5.82 Å². The molecule has 0 amide bonds. The molecule has 1 aromatic carbocycles. The molecule has 1 saturated heterocycles. The molecule has 2 rings (SSSR count). The van der Waals surface area contributed by atoms with Crippen molar-refractivity contribution in [2.24, 2.45) is 5.92 Å². The summed E-state index contributed by atoms with van der Waals surface area (Å²) in [7, 11) is -3.77. The lowest BCUT2D eigenvalue weighted by Gasteiger charge is -2.16. The van der Waals surface area contributed by atoms with Crippen molar-refractivity contribution in [3.05, 3.63) is 28.5 Å². The Kier molecular flexibility index (Phi) is 3.93. The largest absolute Gasteiger partial charge is 0.481 e. The highest BCUT2D eigenvalue weighted by molar-refractivity contribution is 9.10. The van der Waals surface area contributed by atoms with Crippen LogP contribution in [0.15, 0.2) is 27.6 Å². The number of carboxylic acid groups (broad SMARTS) is 1. The van der Waals surface area contributed by atoms with Crippen LogP contribution in [0.25, 0.3) is 0 Å². The molecular weight excluding hydrogens is 341 g/mol. The highest BCUT2D eigenvalue weighted by Crippen LogP contribution is 2.27. The number of rotatable bonds is 3. The van der Waals surface area contributed by atoms with Crippen LogP contribution in [0.3, 0.4) is 0 Å². The van der Waals surface area contributed by atoms with E-state index in [4.69, 9.17) is 5.11 Å². The normalized spacial score (nSPS) is 20.6. The number of sulfonamides is 1. The minimum absolute atomic E-state index is 0.0489. The van der Waals surface area contributed by atoms with Crippen LogP contribution in [0.2, 0.25) is 0 Å². The Morgan fingerprint density at radius 3 is 2.68 bits per heavy atom. The van der Waals surface area contributed by atoms with Gasteiger partial charge in [0, 0.05) is 13.1 Å². The molecule has 1 unspecified atom stereocenters. The van der Waals surface area contributed by atoms with E-state index < -0.39 is 27.7 Å². The highest BCUT2D eigenvalue weighted by atomic mass is 79.9. The molecule has 1 aliphatic heterocycles. The number of nitrogens with zero attached hydrogens (tertiary/aromatic N) is 1. The second-order valence-corrected chi connectivity index (χ2v) is 7.06. The molecule has 1 atom stereocenters. The second-order valence-electron chi connectivity index (χ2n) is 4.26. The second kappa shape index (κ2) is 5.18. The first-order chi connectivity index (χ1) is 8.82. The van der Waals surface area contributed by atoms with Crippen molar-refractivity contribution in [1.29, 1.82) is 0 Å². The predicted molar refractivity (Wildman–Crippen MR) is 68.6 cm³/mol. The van der Waals surface area contributed by atoms with Gasteiger partial charge >= 0.3 is 5.97 Å². The fraction of sp³-hybridized carbons (Fsp3) is 0.364. The average molecular weight is 352 g/mol. The van der Waals surface area contributed by atoms with Crippen molar-refractivity contribution in [2.75, 3.05) is 13.1 Å². The maximum absolute atomic E-state index is 13.1. The molecule has 0 saturated carbocycles. The fourth-order valence-corrected chi connectivity index (χ4v) is 3.99. The van der Waals surface area contributed by atoms with Gasteiger partial charge in [-0.25, -0.2) is 12.8 Å². The van der Waals surface area contributed by atoms with Gasteiger partial charge in [0.15, 0.2) is 0 Å². The van der Waals surface area contributed by atoms with Crippen LogP contribution in [0.5, 0.6) is 0 Å². The summed E-state index contributed by atoms with van der Waals surface area (Å²) in [4.78, 5) is 10.8. The Balaban J connectivity index is 2.28. The Morgan fingerprint density at radius 1 is 1.47 bits per heavy atom. The van der Waals surface area contributed by atoms with E-state index in [-0.39, 0.29) is 28.9 Å². The zero-order chi connectivity index (χ0) is 14.2. The molecule has 0 spiro atoms. The molecule has 5 nitrogen and oxygen atoms in total. The lowest BCUT2D eigenvalue weighted by molar-refractivity contribution is -0.141. The van der Waals surface area contributed by atoms with Crippen molar-refractivity contribution in [3.63, 3.8) is 0 Å². The van der Waals surface area contributed by atoms with Crippen LogP contribution in [0, 0.1) is 11.7 Å². The van der Waals surface area contributed by atoms with Gasteiger partial charge in [0.05, 0.1) is 15.3 Å². The van der Waals surface area contributed by atoms with Crippen LogP contribution >= 0.6 is 15.9 Å². The van der Waals surface area contributed by atoms with Gasteiger partial charge in [-0.1, -0.05) is 0 Å². The van der Waals surface area contributed by atoms with Crippen LogP contribution < -0.4 is 0 Å². The van der Waals surface area contributed by atoms with E-state index in [1.165, 1.54) is 12.1 Å². The summed E-state index contributed by atoms with van der Waals surface area (Å²) >= 11 is 2.93. The van der Waals surface area contributed by atoms with Gasteiger partial charge in [0.2, 0.25) is 10.0 Å². The standard InChI is InChI=1S/C11H11BrFNO4S/c12-9-5-8(1-2-10(9)13)19(17,18)14-4-3-7(6-14)11(15)16/h1-2,5,7H,3-4,6H2,(H,15,16). The first-order valence-electron chi connectivity index (χ1n) is 5.50. The molecule has 1 aromatic rings. The van der Waals surface area contributed by atoms with Crippen molar-refractivity contribution in [2.45, 2.75) is 11.3 Å². The van der Waals surface area contributed by atoms with Gasteiger partial charge in [-0.3, -0.25) is 4.79 Å². The Bertz CT molecular complexity index is 619. The zero-order valence-electron chi connectivity index (χ0n) is 9.71. The molecule has 1 N–H and O–H groups in total. The van der Waals surface area contributed by atoms with Gasteiger partial charge < -0.3 is 5.11 Å². The molecule has 1 aliphatic rings. The van der Waals surface area contributed by atoms with E-state index in [0.717, 1.165) is 10.4 Å². The zero-order valence-corrected chi connectivity index (χ0v) is 12.1. The van der Waals surface area contributed by atoms with Crippen molar-refractivity contribution in [1.82, 2.24) is 4.31 Å². The molecule has 104 valence electrons. The minimum atomic E-state index is -3.77. The molecule has 8 heteroatoms. The third kappa shape index (κ3) is 2.80. The summed E-state index contributed by atoms with van der Waals surface area (Å²) in [5.74, 6) is -2.24. The Morgan fingerprint density at radius 2 is 2.16 bits per heavy atom. The van der Waals surface area contributed by atoms with Gasteiger partial charge in [-0.2, -0.15) is 4.31 Å². The Hall–Kier alpha value is -0.990. The number of carboxylic acids is 1. The number of carbonyl (C=O) groups is 1. The van der Waals surface area contributed by atoms with Gasteiger partial charge in [-0.15, -0.1) is 0 Å². The quantitative estimate of drug-likeness (QED) is 0.898. The van der Waals surface area contributed by atoms with Gasteiger partial charge in [-0.05, 0) is 40.5 Å². The number of hydrogen-bond acceptors (Lipinski definition) is 3. The lowest BCUT2D eigenvalue weighted by Crippen LogP contribution is -2.30. The number of benzene rings is 1. The van der Waals surface area contributed by atoms with E-state index >= 15 is 0 Å². The number of halogens is 2. The molecule has 0 radical (unpaired) electrons. The molecule has 1 heterocycles. The van der Waals surface area contributed by atoms with E-state index in [0.29, 0.717) is 0 Å². The maximum atomic E-state index is 13.1. The van der Waals surface area contributed by atoms with E-state index in [2.05, 4.69) is 15.9 Å². The van der Waals surface area contributed by atoms with Crippen LogP contribution in [-0.4, -0.2) is 36.9 Å². The van der Waals surface area contributed by atoms with Crippen molar-refractivity contribution in [3.8, 4) is 0 Å². The number of aliphatic carboxylic acids is 1. The predicted octanol–water partition coefficient (Wildman–Crippen LogP) is 1.68. The summed E-state index contributed by atoms with van der Waals surface area (Å²) in [6.45, 7) is 0.112. The topological polar surface area (TPSA) is 74.7 Å². The Labute approximate surface area is 118 Å². The van der Waals surface area contributed by atoms with E-state index in [1.54, 1.807) is 0 Å². The number of hydrogen-bond donors (Lipinski definition) is 1. The first kappa shape index (κ1) is 14.4. The fourth-order valence-electron chi connectivity index (χ4n) is 1.93. The molecule has 1 fully saturated rings. The molecule has 0 bridgehead atoms. The monoisotopic (exact) mass is 351 g/mol. The summed E-state index contributed by atoms with van der Waals surface area (Å²) in [6.07, 6.45) is 0.289. The summed E-state index contributed by atoms with van der Waals surface area (Å²) in [5, 5.41) is 8.87. The SMILES string of the molecule is O=C(O)C1CCN(S(=O)(=O)c2ccc(F)c(Br)c2)C1. The third-order valence-corrected chi connectivity index (χ3v) is 5.50. The molecular formula is C11H11BrFNO4S. The summed E-state index contributed by atoms with van der Waals surface area (Å²) in [5.41, 5.74) is 0. The summed E-state index contributed by atoms with van der Waals surface area (Å²) in [6, 6.07) is 3.41. The van der Waals surface area contributed by atoms with Crippen molar-refractivity contribution >= 4 is 31.9 Å².